The average Bonchev–Trinajstić information content (AvgIpc) is 3.03. The molecule has 0 amide bonds. The van der Waals surface area contributed by atoms with Gasteiger partial charge in [-0.3, -0.25) is 9.89 Å². The first-order valence-corrected chi connectivity index (χ1v) is 6.82. The molecule has 7 nitrogen and oxygen atoms in total. The zero-order valence-electron chi connectivity index (χ0n) is 11.9. The second kappa shape index (κ2) is 4.47. The van der Waals surface area contributed by atoms with Gasteiger partial charge in [0.2, 0.25) is 5.95 Å². The Hall–Kier alpha value is -2.57. The van der Waals surface area contributed by atoms with E-state index in [9.17, 15) is 0 Å². The summed E-state index contributed by atoms with van der Waals surface area (Å²) in [6.45, 7) is 1.72. The minimum atomic E-state index is 0.669. The van der Waals surface area contributed by atoms with Crippen molar-refractivity contribution in [1.82, 2.24) is 14.8 Å². The van der Waals surface area contributed by atoms with Gasteiger partial charge in [0.25, 0.3) is 0 Å². The molecule has 2 aliphatic heterocycles. The number of rotatable bonds is 2. The number of hydrogen-bond donors (Lipinski definition) is 0. The number of fused-ring (bicyclic) bond motifs is 6. The molecule has 0 saturated heterocycles. The largest absolute Gasteiger partial charge is 0.493 e. The van der Waals surface area contributed by atoms with Crippen molar-refractivity contribution in [2.75, 3.05) is 32.2 Å². The third kappa shape index (κ3) is 1.63. The lowest BCUT2D eigenvalue weighted by Gasteiger charge is -2.33. The van der Waals surface area contributed by atoms with Crippen molar-refractivity contribution in [3.8, 4) is 17.2 Å². The van der Waals surface area contributed by atoms with E-state index in [2.05, 4.69) is 20.0 Å². The Balaban J connectivity index is 2.01. The lowest BCUT2D eigenvalue weighted by atomic mass is 10.1. The molecule has 0 aliphatic carbocycles. The molecule has 108 valence electrons. The molecular formula is C14H15N5O2. The summed E-state index contributed by atoms with van der Waals surface area (Å²) < 4.78 is 12.6. The number of aromatic nitrogens is 3. The summed E-state index contributed by atoms with van der Waals surface area (Å²) in [4.78, 5) is 11.1. The Morgan fingerprint density at radius 2 is 1.95 bits per heavy atom. The van der Waals surface area contributed by atoms with E-state index < -0.39 is 0 Å². The third-order valence-corrected chi connectivity index (χ3v) is 3.80. The summed E-state index contributed by atoms with van der Waals surface area (Å²) in [5, 5.41) is 4.33. The smallest absolute Gasteiger partial charge is 0.234 e. The van der Waals surface area contributed by atoms with Crippen molar-refractivity contribution in [3.05, 3.63) is 24.0 Å². The zero-order chi connectivity index (χ0) is 14.4. The zero-order valence-corrected chi connectivity index (χ0v) is 11.9. The maximum Gasteiger partial charge on any atom is 0.234 e. The first-order chi connectivity index (χ1) is 10.3. The van der Waals surface area contributed by atoms with Crippen LogP contribution in [0.25, 0.3) is 5.69 Å². The summed E-state index contributed by atoms with van der Waals surface area (Å²) in [7, 11) is 3.26. The molecule has 0 fully saturated rings. The molecule has 0 N–H and O–H groups in total. The highest BCUT2D eigenvalue weighted by Gasteiger charge is 2.32. The molecular weight excluding hydrogens is 270 g/mol. The number of hydrogen-bond acceptors (Lipinski definition) is 6. The van der Waals surface area contributed by atoms with Gasteiger partial charge in [-0.2, -0.15) is 14.8 Å². The van der Waals surface area contributed by atoms with Crippen molar-refractivity contribution in [3.63, 3.8) is 0 Å². The van der Waals surface area contributed by atoms with Gasteiger partial charge in [-0.15, -0.1) is 0 Å². The summed E-state index contributed by atoms with van der Waals surface area (Å²) in [5.41, 5.74) is 1.91. The Bertz CT molecular complexity index is 737. The maximum atomic E-state index is 5.41. The van der Waals surface area contributed by atoms with E-state index in [4.69, 9.17) is 9.47 Å². The van der Waals surface area contributed by atoms with Gasteiger partial charge < -0.3 is 9.47 Å². The normalized spacial score (nSPS) is 15.7. The fourth-order valence-corrected chi connectivity index (χ4v) is 2.84. The number of aliphatic imine (C=N–C) groups is 1. The monoisotopic (exact) mass is 285 g/mol. The van der Waals surface area contributed by atoms with E-state index in [0.717, 1.165) is 42.5 Å². The van der Waals surface area contributed by atoms with Gasteiger partial charge in [-0.05, 0) is 12.5 Å². The van der Waals surface area contributed by atoms with Gasteiger partial charge in [0, 0.05) is 24.7 Å². The molecule has 2 aromatic rings. The van der Waals surface area contributed by atoms with Crippen LogP contribution in [0.2, 0.25) is 0 Å². The highest BCUT2D eigenvalue weighted by atomic mass is 16.5. The van der Waals surface area contributed by atoms with E-state index in [0.29, 0.717) is 11.5 Å². The fraction of sp³-hybridized carbons (Fsp3) is 0.357. The molecule has 0 radical (unpaired) electrons. The summed E-state index contributed by atoms with van der Waals surface area (Å²) in [6, 6.07) is 3.87. The predicted molar refractivity (Wildman–Crippen MR) is 77.8 cm³/mol. The molecule has 0 saturated carbocycles. The summed E-state index contributed by atoms with van der Waals surface area (Å²) in [6.07, 6.45) is 2.58. The minimum Gasteiger partial charge on any atom is -0.493 e. The van der Waals surface area contributed by atoms with Gasteiger partial charge >= 0.3 is 0 Å². The minimum absolute atomic E-state index is 0.669. The van der Waals surface area contributed by atoms with Crippen LogP contribution in [0.15, 0.2) is 23.5 Å². The average molecular weight is 285 g/mol. The molecule has 7 heteroatoms. The van der Waals surface area contributed by atoms with Crippen LogP contribution >= 0.6 is 0 Å². The van der Waals surface area contributed by atoms with Crippen LogP contribution in [0, 0.1) is 0 Å². The molecule has 0 unspecified atom stereocenters. The number of benzene rings is 1. The Kier molecular flexibility index (Phi) is 2.60. The quantitative estimate of drug-likeness (QED) is 0.831. The Labute approximate surface area is 121 Å². The van der Waals surface area contributed by atoms with Gasteiger partial charge in [0.15, 0.2) is 11.5 Å². The van der Waals surface area contributed by atoms with Crippen LogP contribution in [0.3, 0.4) is 0 Å². The molecule has 4 rings (SSSR count). The maximum absolute atomic E-state index is 5.41. The van der Waals surface area contributed by atoms with E-state index >= 15 is 0 Å². The third-order valence-electron chi connectivity index (χ3n) is 3.80. The van der Waals surface area contributed by atoms with E-state index in [1.54, 1.807) is 20.5 Å². The second-order valence-corrected chi connectivity index (χ2v) is 4.91. The van der Waals surface area contributed by atoms with E-state index in [1.165, 1.54) is 0 Å². The van der Waals surface area contributed by atoms with Crippen LogP contribution in [0.4, 0.5) is 5.95 Å². The molecule has 0 atom stereocenters. The van der Waals surface area contributed by atoms with Gasteiger partial charge in [-0.25, -0.2) is 0 Å². The standard InChI is InChI=1S/C14H15N5O2/c1-20-11-6-9-10(7-12(11)21-2)19-14(16-8-17-19)18-5-3-4-15-13(9)18/h6-8H,3-5H2,1-2H3. The lowest BCUT2D eigenvalue weighted by molar-refractivity contribution is 0.354. The molecule has 1 aromatic carbocycles. The second-order valence-electron chi connectivity index (χ2n) is 4.91. The van der Waals surface area contributed by atoms with Crippen LogP contribution in [0.5, 0.6) is 11.5 Å². The molecule has 1 aromatic heterocycles. The van der Waals surface area contributed by atoms with Crippen LogP contribution in [-0.4, -0.2) is 47.9 Å². The number of amidine groups is 1. The molecule has 0 spiro atoms. The van der Waals surface area contributed by atoms with Crippen molar-refractivity contribution in [2.45, 2.75) is 6.42 Å². The highest BCUT2D eigenvalue weighted by molar-refractivity contribution is 6.14. The molecule has 21 heavy (non-hydrogen) atoms. The van der Waals surface area contributed by atoms with E-state index in [1.807, 2.05) is 16.8 Å². The van der Waals surface area contributed by atoms with Gasteiger partial charge in [0.05, 0.1) is 19.9 Å². The highest BCUT2D eigenvalue weighted by Crippen LogP contribution is 2.37. The van der Waals surface area contributed by atoms with Crippen LogP contribution in [-0.2, 0) is 0 Å². The van der Waals surface area contributed by atoms with Gasteiger partial charge in [-0.1, -0.05) is 0 Å². The number of ether oxygens (including phenoxy) is 2. The predicted octanol–water partition coefficient (Wildman–Crippen LogP) is 1.25. The van der Waals surface area contributed by atoms with E-state index in [-0.39, 0.29) is 0 Å². The summed E-state index contributed by atoms with van der Waals surface area (Å²) >= 11 is 0. The number of anilines is 1. The number of methoxy groups -OCH3 is 2. The first-order valence-electron chi connectivity index (χ1n) is 6.82. The Morgan fingerprint density at radius 1 is 1.14 bits per heavy atom. The summed E-state index contributed by atoms with van der Waals surface area (Å²) in [5.74, 6) is 3.08. The topological polar surface area (TPSA) is 64.8 Å². The molecule has 3 heterocycles. The Morgan fingerprint density at radius 3 is 2.76 bits per heavy atom. The van der Waals surface area contributed by atoms with Crippen LogP contribution in [0.1, 0.15) is 12.0 Å². The van der Waals surface area contributed by atoms with Gasteiger partial charge in [0.1, 0.15) is 12.2 Å². The van der Waals surface area contributed by atoms with Crippen molar-refractivity contribution in [1.29, 1.82) is 0 Å². The first kappa shape index (κ1) is 12.2. The SMILES string of the molecule is COc1cc2c(cc1OC)-n1ncnc1N1CCCN=C21. The van der Waals surface area contributed by atoms with Crippen LogP contribution < -0.4 is 14.4 Å². The number of nitrogens with zero attached hydrogens (tertiary/aromatic N) is 5. The fourth-order valence-electron chi connectivity index (χ4n) is 2.84. The molecule has 2 aliphatic rings. The molecule has 0 bridgehead atoms. The van der Waals surface area contributed by atoms with Crippen molar-refractivity contribution in [2.24, 2.45) is 4.99 Å². The van der Waals surface area contributed by atoms with Crippen molar-refractivity contribution < 1.29 is 9.47 Å². The lowest BCUT2D eigenvalue weighted by Crippen LogP contribution is -2.41. The van der Waals surface area contributed by atoms with Crippen molar-refractivity contribution >= 4 is 11.8 Å².